The second-order valence-corrected chi connectivity index (χ2v) is 18.1. The highest BCUT2D eigenvalue weighted by Crippen LogP contribution is 2.51. The molecular formula is C56H40N2S2. The first-order valence-electron chi connectivity index (χ1n) is 20.9. The molecule has 2 heterocycles. The third-order valence-corrected chi connectivity index (χ3v) is 15.1. The lowest BCUT2D eigenvalue weighted by atomic mass is 9.92. The number of thiophene rings is 1. The molecule has 12 rings (SSSR count). The van der Waals surface area contributed by atoms with E-state index in [2.05, 4.69) is 216 Å². The van der Waals surface area contributed by atoms with Crippen LogP contribution in [0.1, 0.15) is 23.1 Å². The van der Waals surface area contributed by atoms with Crippen LogP contribution in [0.4, 0.5) is 28.4 Å². The molecule has 0 N–H and O–H groups in total. The van der Waals surface area contributed by atoms with Gasteiger partial charge in [0.15, 0.2) is 0 Å². The van der Waals surface area contributed by atoms with Gasteiger partial charge in [-0.25, -0.2) is 0 Å². The van der Waals surface area contributed by atoms with Crippen molar-refractivity contribution in [2.75, 3.05) is 9.80 Å². The highest BCUT2D eigenvalue weighted by atomic mass is 32.2. The largest absolute Gasteiger partial charge is 0.332 e. The summed E-state index contributed by atoms with van der Waals surface area (Å²) in [6.07, 6.45) is 13.8. The minimum Gasteiger partial charge on any atom is -0.332 e. The number of fused-ring (bicyclic) bond motifs is 8. The second kappa shape index (κ2) is 14.6. The summed E-state index contributed by atoms with van der Waals surface area (Å²) in [5.41, 5.74) is 13.9. The Morgan fingerprint density at radius 2 is 1.23 bits per heavy atom. The van der Waals surface area contributed by atoms with E-state index in [1.165, 1.54) is 92.0 Å². The Hall–Kier alpha value is -6.59. The summed E-state index contributed by atoms with van der Waals surface area (Å²) in [5.74, 6) is 0. The Kier molecular flexibility index (Phi) is 8.60. The van der Waals surface area contributed by atoms with Gasteiger partial charge in [-0.3, -0.25) is 0 Å². The van der Waals surface area contributed by atoms with Gasteiger partial charge >= 0.3 is 0 Å². The molecule has 0 fully saturated rings. The van der Waals surface area contributed by atoms with Crippen LogP contribution in [0.15, 0.2) is 205 Å². The molecule has 9 aromatic rings. The number of rotatable bonds is 7. The molecule has 1 aromatic heterocycles. The van der Waals surface area contributed by atoms with Crippen LogP contribution in [-0.4, -0.2) is 11.3 Å². The van der Waals surface area contributed by atoms with Gasteiger partial charge in [-0.2, -0.15) is 0 Å². The van der Waals surface area contributed by atoms with Crippen LogP contribution in [0.25, 0.3) is 53.7 Å². The van der Waals surface area contributed by atoms with Gasteiger partial charge in [0.25, 0.3) is 0 Å². The van der Waals surface area contributed by atoms with E-state index in [0.717, 1.165) is 18.5 Å². The fourth-order valence-corrected chi connectivity index (χ4v) is 12.3. The summed E-state index contributed by atoms with van der Waals surface area (Å²) in [7, 11) is 0. The van der Waals surface area contributed by atoms with Crippen molar-refractivity contribution in [3.8, 4) is 11.1 Å². The fourth-order valence-electron chi connectivity index (χ4n) is 9.66. The zero-order valence-electron chi connectivity index (χ0n) is 32.9. The first kappa shape index (κ1) is 35.4. The summed E-state index contributed by atoms with van der Waals surface area (Å²) >= 11 is 3.88. The van der Waals surface area contributed by atoms with Crippen LogP contribution < -0.4 is 9.80 Å². The molecule has 0 saturated heterocycles. The minimum absolute atomic E-state index is 0.133. The molecule has 4 heteroatoms. The second-order valence-electron chi connectivity index (χ2n) is 15.9. The van der Waals surface area contributed by atoms with E-state index in [1.54, 1.807) is 0 Å². The van der Waals surface area contributed by atoms with Crippen molar-refractivity contribution >= 4 is 94.1 Å². The number of allylic oxidation sites excluding steroid dienone is 3. The number of nitrogens with zero attached hydrogens (tertiary/aromatic N) is 2. The van der Waals surface area contributed by atoms with Crippen LogP contribution in [-0.2, 0) is 6.42 Å². The monoisotopic (exact) mass is 804 g/mol. The molecule has 60 heavy (non-hydrogen) atoms. The van der Waals surface area contributed by atoms with Crippen LogP contribution in [0.5, 0.6) is 0 Å². The van der Waals surface area contributed by atoms with E-state index in [4.69, 9.17) is 0 Å². The van der Waals surface area contributed by atoms with Crippen molar-refractivity contribution in [3.63, 3.8) is 0 Å². The van der Waals surface area contributed by atoms with E-state index in [0.29, 0.717) is 0 Å². The first-order chi connectivity index (χ1) is 29.8. The number of hydrogen-bond acceptors (Lipinski definition) is 4. The van der Waals surface area contributed by atoms with E-state index >= 15 is 0 Å². The summed E-state index contributed by atoms with van der Waals surface area (Å²) in [4.78, 5) is 6.42. The number of anilines is 5. The zero-order chi connectivity index (χ0) is 39.6. The first-order valence-corrected chi connectivity index (χ1v) is 22.6. The molecule has 0 saturated carbocycles. The average molecular weight is 805 g/mol. The lowest BCUT2D eigenvalue weighted by molar-refractivity contribution is 0.815. The van der Waals surface area contributed by atoms with Crippen LogP contribution in [0.3, 0.4) is 0 Å². The van der Waals surface area contributed by atoms with Gasteiger partial charge in [0.2, 0.25) is 0 Å². The standard InChI is InChI=1S/C56H40N2S2/c1-3-17-43-39(13-1)15-9-23-49(43)57(51-25-11-21-47-45-19-5-7-27-53(45)59-55(47)51)41-33-29-37(30-34-41)38-31-35-42(36-32-38)58(50-24-10-16-40-14-2-4-18-44(40)50)52-26-12-22-48-46-20-6-8-28-54(46)60-56(48)52/h1,3-13,15-36,51,55H,2,14H2. The topological polar surface area (TPSA) is 6.48 Å². The van der Waals surface area contributed by atoms with Gasteiger partial charge in [0.05, 0.1) is 27.4 Å². The van der Waals surface area contributed by atoms with E-state index in [1.807, 2.05) is 23.1 Å². The van der Waals surface area contributed by atoms with Gasteiger partial charge in [-0.15, -0.1) is 23.1 Å². The molecule has 0 bridgehead atoms. The molecule has 1 aliphatic heterocycles. The summed E-state index contributed by atoms with van der Waals surface area (Å²) in [6.45, 7) is 0. The lowest BCUT2D eigenvalue weighted by Crippen LogP contribution is -2.38. The van der Waals surface area contributed by atoms with E-state index < -0.39 is 0 Å². The quantitative estimate of drug-likeness (QED) is 0.158. The number of aryl methyl sites for hydroxylation is 1. The SMILES string of the molecule is C1=CC(N(c2ccc(-c3ccc(N(c4cccc5c4C=CCC5)c4cccc5c4sc4ccccc45)cc3)cc2)c2cccc3ccccc23)C2Sc3ccccc3C2=C1. The Morgan fingerprint density at radius 3 is 2.12 bits per heavy atom. The van der Waals surface area contributed by atoms with Gasteiger partial charge in [0, 0.05) is 48.4 Å². The molecule has 0 radical (unpaired) electrons. The van der Waals surface area contributed by atoms with Crippen LogP contribution in [0, 0.1) is 0 Å². The number of thioether (sulfide) groups is 1. The molecule has 2 atom stereocenters. The summed E-state index contributed by atoms with van der Waals surface area (Å²) in [5, 5.41) is 5.41. The lowest BCUT2D eigenvalue weighted by Gasteiger charge is -2.38. The number of benzene rings is 8. The van der Waals surface area contributed by atoms with Gasteiger partial charge in [-0.05, 0) is 101 Å². The van der Waals surface area contributed by atoms with Gasteiger partial charge in [0.1, 0.15) is 0 Å². The molecule has 0 amide bonds. The molecule has 2 unspecified atom stereocenters. The smallest absolute Gasteiger partial charge is 0.0689 e. The normalized spacial score (nSPS) is 16.4. The van der Waals surface area contributed by atoms with Crippen LogP contribution >= 0.6 is 23.1 Å². The molecule has 2 nitrogen and oxygen atoms in total. The Bertz CT molecular complexity index is 3200. The Labute approximate surface area is 359 Å². The number of hydrogen-bond donors (Lipinski definition) is 0. The van der Waals surface area contributed by atoms with Crippen molar-refractivity contribution < 1.29 is 0 Å². The maximum Gasteiger partial charge on any atom is 0.0689 e. The highest BCUT2D eigenvalue weighted by molar-refractivity contribution is 8.01. The average Bonchev–Trinajstić information content (AvgIpc) is 3.90. The third kappa shape index (κ3) is 5.85. The highest BCUT2D eigenvalue weighted by Gasteiger charge is 2.38. The van der Waals surface area contributed by atoms with Crippen molar-refractivity contribution in [3.05, 3.63) is 217 Å². The van der Waals surface area contributed by atoms with E-state index in [9.17, 15) is 0 Å². The Morgan fingerprint density at radius 1 is 0.550 bits per heavy atom. The van der Waals surface area contributed by atoms with E-state index in [-0.39, 0.29) is 11.3 Å². The molecule has 0 spiro atoms. The molecule has 286 valence electrons. The summed E-state index contributed by atoms with van der Waals surface area (Å²) in [6, 6.07) is 65.3. The third-order valence-electron chi connectivity index (χ3n) is 12.5. The minimum atomic E-state index is 0.133. The molecule has 3 aliphatic rings. The maximum absolute atomic E-state index is 2.57. The fraction of sp³-hybridized carbons (Fsp3) is 0.0714. The van der Waals surface area contributed by atoms with Crippen molar-refractivity contribution in [1.29, 1.82) is 0 Å². The van der Waals surface area contributed by atoms with Crippen LogP contribution in [0.2, 0.25) is 0 Å². The molecule has 2 aliphatic carbocycles. The predicted molar refractivity (Wildman–Crippen MR) is 260 cm³/mol. The maximum atomic E-state index is 2.57. The molecular weight excluding hydrogens is 765 g/mol. The predicted octanol–water partition coefficient (Wildman–Crippen LogP) is 15.9. The van der Waals surface area contributed by atoms with Gasteiger partial charge in [-0.1, -0.05) is 152 Å². The van der Waals surface area contributed by atoms with Crippen molar-refractivity contribution in [1.82, 2.24) is 0 Å². The van der Waals surface area contributed by atoms with Crippen molar-refractivity contribution in [2.45, 2.75) is 29.0 Å². The Balaban J connectivity index is 0.935. The van der Waals surface area contributed by atoms with Crippen molar-refractivity contribution in [2.24, 2.45) is 0 Å². The molecule has 8 aromatic carbocycles. The van der Waals surface area contributed by atoms with Gasteiger partial charge < -0.3 is 9.80 Å². The summed E-state index contributed by atoms with van der Waals surface area (Å²) < 4.78 is 2.62. The zero-order valence-corrected chi connectivity index (χ0v) is 34.5.